The Morgan fingerprint density at radius 3 is 2.72 bits per heavy atom. The summed E-state index contributed by atoms with van der Waals surface area (Å²) in [4.78, 5) is 12.6. The van der Waals surface area contributed by atoms with Gasteiger partial charge in [0.15, 0.2) is 11.5 Å². The smallest absolute Gasteiger partial charge is 0.433 e. The monoisotopic (exact) mass is 448 g/mol. The van der Waals surface area contributed by atoms with Gasteiger partial charge in [-0.05, 0) is 38.0 Å². The van der Waals surface area contributed by atoms with Crippen molar-refractivity contribution in [2.45, 2.75) is 38.6 Å². The molecular weight excluding hydrogens is 425 g/mol. The van der Waals surface area contributed by atoms with Crippen LogP contribution in [-0.2, 0) is 17.5 Å². The molecule has 0 unspecified atom stereocenters. The summed E-state index contributed by atoms with van der Waals surface area (Å²) < 4.78 is 55.9. The standard InChI is InChI=1S/C22H23F3N4O3/c1-13-27-17-10-18(30-2)19(32-12-15-6-4-8-31-15)9-16(17)21(28-13)26-11-14-5-3-7-20(29-14)22(23,24)25/h3,5,7,9-10,15H,4,6,8,11-12H2,1-2H3,(H,26,27,28)/t15-/m1/s1. The fourth-order valence-corrected chi connectivity index (χ4v) is 3.53. The molecule has 10 heteroatoms. The Balaban J connectivity index is 1.61. The highest BCUT2D eigenvalue weighted by Gasteiger charge is 2.32. The van der Waals surface area contributed by atoms with E-state index in [-0.39, 0.29) is 18.3 Å². The van der Waals surface area contributed by atoms with Crippen molar-refractivity contribution >= 4 is 16.7 Å². The SMILES string of the molecule is COc1cc2nc(C)nc(NCc3cccc(C(F)(F)F)n3)c2cc1OC[C@H]1CCCO1. The van der Waals surface area contributed by atoms with Gasteiger partial charge >= 0.3 is 6.18 Å². The van der Waals surface area contributed by atoms with Crippen LogP contribution in [0.3, 0.4) is 0 Å². The zero-order chi connectivity index (χ0) is 22.7. The molecule has 0 radical (unpaired) electrons. The number of alkyl halides is 3. The Labute approximate surface area is 182 Å². The highest BCUT2D eigenvalue weighted by atomic mass is 19.4. The minimum Gasteiger partial charge on any atom is -0.493 e. The first kappa shape index (κ1) is 22.1. The van der Waals surface area contributed by atoms with Gasteiger partial charge in [-0.1, -0.05) is 6.07 Å². The van der Waals surface area contributed by atoms with Gasteiger partial charge in [0, 0.05) is 18.1 Å². The third kappa shape index (κ3) is 5.01. The average molecular weight is 448 g/mol. The first-order valence-corrected chi connectivity index (χ1v) is 10.2. The zero-order valence-corrected chi connectivity index (χ0v) is 17.7. The number of aromatic nitrogens is 3. The van der Waals surface area contributed by atoms with Gasteiger partial charge in [-0.25, -0.2) is 15.0 Å². The first-order chi connectivity index (χ1) is 15.3. The first-order valence-electron chi connectivity index (χ1n) is 10.2. The maximum atomic E-state index is 13.0. The molecule has 170 valence electrons. The van der Waals surface area contributed by atoms with E-state index < -0.39 is 11.9 Å². The molecule has 0 saturated carbocycles. The van der Waals surface area contributed by atoms with E-state index in [1.807, 2.05) is 0 Å². The zero-order valence-electron chi connectivity index (χ0n) is 17.7. The summed E-state index contributed by atoms with van der Waals surface area (Å²) in [5.41, 5.74) is -0.0685. The summed E-state index contributed by atoms with van der Waals surface area (Å²) in [6.45, 7) is 2.92. The van der Waals surface area contributed by atoms with E-state index in [9.17, 15) is 13.2 Å². The van der Waals surface area contributed by atoms with Gasteiger partial charge in [-0.2, -0.15) is 13.2 Å². The van der Waals surface area contributed by atoms with E-state index >= 15 is 0 Å². The summed E-state index contributed by atoms with van der Waals surface area (Å²) in [6, 6.07) is 7.32. The number of rotatable bonds is 7. The summed E-state index contributed by atoms with van der Waals surface area (Å²) >= 11 is 0. The van der Waals surface area contributed by atoms with Crippen molar-refractivity contribution in [2.75, 3.05) is 25.6 Å². The summed E-state index contributed by atoms with van der Waals surface area (Å²) in [5, 5.41) is 3.74. The fourth-order valence-electron chi connectivity index (χ4n) is 3.53. The number of nitrogens with zero attached hydrogens (tertiary/aromatic N) is 3. The molecule has 4 rings (SSSR count). The van der Waals surface area contributed by atoms with Crippen LogP contribution in [0.15, 0.2) is 30.3 Å². The fraction of sp³-hybridized carbons (Fsp3) is 0.409. The summed E-state index contributed by atoms with van der Waals surface area (Å²) in [5.74, 6) is 2.02. The van der Waals surface area contributed by atoms with Crippen LogP contribution in [0.2, 0.25) is 0 Å². The molecule has 3 heterocycles. The molecule has 2 aromatic heterocycles. The van der Waals surface area contributed by atoms with Crippen molar-refractivity contribution in [1.82, 2.24) is 15.0 Å². The van der Waals surface area contributed by atoms with Crippen molar-refractivity contribution in [3.63, 3.8) is 0 Å². The molecule has 1 aromatic carbocycles. The lowest BCUT2D eigenvalue weighted by atomic mass is 10.2. The molecule has 7 nitrogen and oxygen atoms in total. The number of hydrogen-bond donors (Lipinski definition) is 1. The van der Waals surface area contributed by atoms with Gasteiger partial charge in [-0.3, -0.25) is 0 Å². The van der Waals surface area contributed by atoms with Gasteiger partial charge in [-0.15, -0.1) is 0 Å². The van der Waals surface area contributed by atoms with Crippen LogP contribution in [0.25, 0.3) is 10.9 Å². The van der Waals surface area contributed by atoms with Crippen LogP contribution < -0.4 is 14.8 Å². The van der Waals surface area contributed by atoms with Crippen LogP contribution >= 0.6 is 0 Å². The van der Waals surface area contributed by atoms with Crippen LogP contribution in [0.5, 0.6) is 11.5 Å². The molecule has 32 heavy (non-hydrogen) atoms. The highest BCUT2D eigenvalue weighted by molar-refractivity contribution is 5.91. The largest absolute Gasteiger partial charge is 0.493 e. The number of methoxy groups -OCH3 is 1. The third-order valence-corrected chi connectivity index (χ3v) is 5.08. The predicted octanol–water partition coefficient (Wildman–Crippen LogP) is 4.53. The number of anilines is 1. The van der Waals surface area contributed by atoms with Gasteiger partial charge in [0.1, 0.15) is 23.9 Å². The number of nitrogens with one attached hydrogen (secondary N) is 1. The molecule has 1 N–H and O–H groups in total. The van der Waals surface area contributed by atoms with Crippen molar-refractivity contribution in [1.29, 1.82) is 0 Å². The minimum atomic E-state index is -4.50. The lowest BCUT2D eigenvalue weighted by Crippen LogP contribution is -2.16. The molecular formula is C22H23F3N4O3. The Bertz CT molecular complexity index is 1100. The molecule has 3 aromatic rings. The van der Waals surface area contributed by atoms with E-state index in [4.69, 9.17) is 14.2 Å². The second-order valence-electron chi connectivity index (χ2n) is 7.45. The Morgan fingerprint density at radius 2 is 2.00 bits per heavy atom. The van der Waals surface area contributed by atoms with Gasteiger partial charge in [0.05, 0.1) is 31.0 Å². The molecule has 1 atom stereocenters. The second-order valence-corrected chi connectivity index (χ2v) is 7.45. The molecule has 0 spiro atoms. The quantitative estimate of drug-likeness (QED) is 0.569. The predicted molar refractivity (Wildman–Crippen MR) is 112 cm³/mol. The number of fused-ring (bicyclic) bond motifs is 1. The lowest BCUT2D eigenvalue weighted by molar-refractivity contribution is -0.141. The van der Waals surface area contributed by atoms with Crippen LogP contribution in [0.1, 0.15) is 30.1 Å². The highest BCUT2D eigenvalue weighted by Crippen LogP contribution is 2.35. The Hall–Kier alpha value is -3.14. The topological polar surface area (TPSA) is 78.4 Å². The van der Waals surface area contributed by atoms with E-state index in [1.165, 1.54) is 12.1 Å². The second kappa shape index (κ2) is 9.15. The molecule has 1 fully saturated rings. The number of halogens is 3. The van der Waals surface area contributed by atoms with Gasteiger partial charge in [0.2, 0.25) is 0 Å². The maximum absolute atomic E-state index is 13.0. The maximum Gasteiger partial charge on any atom is 0.433 e. The molecule has 1 aliphatic heterocycles. The molecule has 0 bridgehead atoms. The third-order valence-electron chi connectivity index (χ3n) is 5.08. The van der Waals surface area contributed by atoms with Crippen LogP contribution in [0.4, 0.5) is 19.0 Å². The van der Waals surface area contributed by atoms with Crippen molar-refractivity contribution < 1.29 is 27.4 Å². The number of aryl methyl sites for hydroxylation is 1. The van der Waals surface area contributed by atoms with Crippen LogP contribution in [-0.4, -0.2) is 41.4 Å². The van der Waals surface area contributed by atoms with Crippen molar-refractivity contribution in [3.05, 3.63) is 47.5 Å². The van der Waals surface area contributed by atoms with Crippen molar-refractivity contribution in [2.24, 2.45) is 0 Å². The number of hydrogen-bond acceptors (Lipinski definition) is 7. The summed E-state index contributed by atoms with van der Waals surface area (Å²) in [6.07, 6.45) is -2.52. The lowest BCUT2D eigenvalue weighted by Gasteiger charge is -2.16. The minimum absolute atomic E-state index is 0.0363. The number of pyridine rings is 1. The molecule has 1 saturated heterocycles. The van der Waals surface area contributed by atoms with Gasteiger partial charge in [0.25, 0.3) is 0 Å². The van der Waals surface area contributed by atoms with Gasteiger partial charge < -0.3 is 19.5 Å². The van der Waals surface area contributed by atoms with Crippen LogP contribution in [0, 0.1) is 6.92 Å². The van der Waals surface area contributed by atoms with E-state index in [2.05, 4.69) is 20.3 Å². The number of ether oxygens (including phenoxy) is 3. The molecule has 0 amide bonds. The summed E-state index contributed by atoms with van der Waals surface area (Å²) in [7, 11) is 1.55. The number of benzene rings is 1. The Kier molecular flexibility index (Phi) is 6.31. The van der Waals surface area contributed by atoms with E-state index in [0.717, 1.165) is 25.5 Å². The average Bonchev–Trinajstić information content (AvgIpc) is 3.28. The molecule has 1 aliphatic rings. The normalized spacial score (nSPS) is 16.3. The Morgan fingerprint density at radius 1 is 1.16 bits per heavy atom. The van der Waals surface area contributed by atoms with E-state index in [0.29, 0.717) is 40.7 Å². The molecule has 0 aliphatic carbocycles. The van der Waals surface area contributed by atoms with E-state index in [1.54, 1.807) is 26.2 Å². The van der Waals surface area contributed by atoms with Crippen molar-refractivity contribution in [3.8, 4) is 11.5 Å².